The predicted octanol–water partition coefficient (Wildman–Crippen LogP) is 4.80. The largest absolute Gasteiger partial charge is 0.491 e. The molecule has 0 heterocycles. The first-order chi connectivity index (χ1) is 11.1. The Hall–Kier alpha value is -1.91. The third-order valence-electron chi connectivity index (χ3n) is 2.83. The Morgan fingerprint density at radius 1 is 1.09 bits per heavy atom. The number of amides is 1. The highest BCUT2D eigenvalue weighted by molar-refractivity contribution is 6.34. The van der Waals surface area contributed by atoms with Crippen LogP contribution in [0.1, 0.15) is 13.3 Å². The first-order valence-corrected chi connectivity index (χ1v) is 7.94. The van der Waals surface area contributed by atoms with Crippen LogP contribution in [0.4, 0.5) is 5.69 Å². The molecule has 0 bridgehead atoms. The Balaban J connectivity index is 1.94. The fourth-order valence-corrected chi connectivity index (χ4v) is 2.36. The van der Waals surface area contributed by atoms with Crippen LogP contribution in [0.5, 0.6) is 11.5 Å². The molecule has 122 valence electrons. The van der Waals surface area contributed by atoms with Crippen molar-refractivity contribution in [3.63, 3.8) is 0 Å². The molecular formula is C17H17Cl2NO3. The second-order valence-corrected chi connectivity index (χ2v) is 5.66. The van der Waals surface area contributed by atoms with E-state index in [9.17, 15) is 4.79 Å². The summed E-state index contributed by atoms with van der Waals surface area (Å²) in [6, 6.07) is 12.1. The van der Waals surface area contributed by atoms with E-state index in [1.54, 1.807) is 24.3 Å². The maximum absolute atomic E-state index is 12.0. The molecule has 0 unspecified atom stereocenters. The van der Waals surface area contributed by atoms with Gasteiger partial charge in [-0.2, -0.15) is 0 Å². The average Bonchev–Trinajstić information content (AvgIpc) is 2.51. The van der Waals surface area contributed by atoms with E-state index in [0.717, 1.165) is 6.42 Å². The Kier molecular flexibility index (Phi) is 6.56. The Labute approximate surface area is 145 Å². The lowest BCUT2D eigenvalue weighted by atomic mass is 10.3. The summed E-state index contributed by atoms with van der Waals surface area (Å²) in [4.78, 5) is 12.0. The van der Waals surface area contributed by atoms with Gasteiger partial charge in [0.25, 0.3) is 5.91 Å². The van der Waals surface area contributed by atoms with E-state index >= 15 is 0 Å². The van der Waals surface area contributed by atoms with E-state index < -0.39 is 0 Å². The number of ether oxygens (including phenoxy) is 2. The number of carbonyl (C=O) groups excluding carboxylic acids is 1. The maximum Gasteiger partial charge on any atom is 0.262 e. The minimum Gasteiger partial charge on any atom is -0.491 e. The molecule has 0 aliphatic carbocycles. The van der Waals surface area contributed by atoms with E-state index in [0.29, 0.717) is 33.8 Å². The summed E-state index contributed by atoms with van der Waals surface area (Å²) < 4.78 is 11.0. The zero-order valence-electron chi connectivity index (χ0n) is 12.6. The molecule has 0 saturated heterocycles. The number of benzene rings is 2. The van der Waals surface area contributed by atoms with Crippen molar-refractivity contribution in [2.45, 2.75) is 13.3 Å². The Bertz CT molecular complexity index is 656. The molecule has 6 heteroatoms. The van der Waals surface area contributed by atoms with Gasteiger partial charge in [-0.25, -0.2) is 0 Å². The topological polar surface area (TPSA) is 47.6 Å². The van der Waals surface area contributed by atoms with E-state index in [1.807, 2.05) is 25.1 Å². The number of rotatable bonds is 7. The molecule has 0 atom stereocenters. The molecule has 4 nitrogen and oxygen atoms in total. The molecule has 2 aromatic carbocycles. The lowest BCUT2D eigenvalue weighted by molar-refractivity contribution is -0.118. The molecular weight excluding hydrogens is 337 g/mol. The van der Waals surface area contributed by atoms with Gasteiger partial charge >= 0.3 is 0 Å². The number of hydrogen-bond acceptors (Lipinski definition) is 3. The van der Waals surface area contributed by atoms with E-state index in [1.165, 1.54) is 0 Å². The lowest BCUT2D eigenvalue weighted by Gasteiger charge is -2.12. The van der Waals surface area contributed by atoms with Crippen LogP contribution < -0.4 is 14.8 Å². The van der Waals surface area contributed by atoms with Crippen LogP contribution in [0.2, 0.25) is 10.0 Å². The van der Waals surface area contributed by atoms with Crippen molar-refractivity contribution in [3.05, 3.63) is 52.5 Å². The average molecular weight is 354 g/mol. The molecule has 0 aliphatic heterocycles. The third-order valence-corrected chi connectivity index (χ3v) is 3.27. The molecule has 0 radical (unpaired) electrons. The molecule has 0 aromatic heterocycles. The highest BCUT2D eigenvalue weighted by Gasteiger charge is 2.09. The summed E-state index contributed by atoms with van der Waals surface area (Å²) in [5, 5.41) is 3.66. The number of nitrogens with one attached hydrogen (secondary N) is 1. The van der Waals surface area contributed by atoms with Gasteiger partial charge < -0.3 is 14.8 Å². The van der Waals surface area contributed by atoms with Crippen LogP contribution in [0.3, 0.4) is 0 Å². The van der Waals surface area contributed by atoms with Gasteiger partial charge in [0.2, 0.25) is 0 Å². The smallest absolute Gasteiger partial charge is 0.262 e. The van der Waals surface area contributed by atoms with Crippen LogP contribution in [-0.2, 0) is 4.79 Å². The minimum absolute atomic E-state index is 0.154. The van der Waals surface area contributed by atoms with Crippen LogP contribution in [0, 0.1) is 0 Å². The second-order valence-electron chi connectivity index (χ2n) is 4.79. The Morgan fingerprint density at radius 3 is 2.48 bits per heavy atom. The molecule has 2 aromatic rings. The van der Waals surface area contributed by atoms with Gasteiger partial charge in [-0.3, -0.25) is 4.79 Å². The summed E-state index contributed by atoms with van der Waals surface area (Å²) in [7, 11) is 0. The van der Waals surface area contributed by atoms with Crippen LogP contribution in [0.15, 0.2) is 42.5 Å². The standard InChI is InChI=1S/C17H17Cl2NO3/c1-2-7-22-16-6-4-3-5-15(16)20-17(21)11-23-14-9-12(18)8-13(19)10-14/h3-6,8-10H,2,7,11H2,1H3,(H,20,21). The van der Waals surface area contributed by atoms with Gasteiger partial charge in [0, 0.05) is 10.0 Å². The van der Waals surface area contributed by atoms with Crippen molar-refractivity contribution >= 4 is 34.8 Å². The normalized spacial score (nSPS) is 10.2. The molecule has 23 heavy (non-hydrogen) atoms. The lowest BCUT2D eigenvalue weighted by Crippen LogP contribution is -2.20. The van der Waals surface area contributed by atoms with Gasteiger partial charge in [-0.15, -0.1) is 0 Å². The van der Waals surface area contributed by atoms with Crippen LogP contribution in [0.25, 0.3) is 0 Å². The summed E-state index contributed by atoms with van der Waals surface area (Å²) in [6.07, 6.45) is 0.890. The first kappa shape index (κ1) is 17.4. The third kappa shape index (κ3) is 5.66. The molecule has 0 spiro atoms. The number of halogens is 2. The van der Waals surface area contributed by atoms with Crippen molar-refractivity contribution in [2.75, 3.05) is 18.5 Å². The number of hydrogen-bond donors (Lipinski definition) is 1. The van der Waals surface area contributed by atoms with Gasteiger partial charge in [0.1, 0.15) is 11.5 Å². The summed E-state index contributed by atoms with van der Waals surface area (Å²) in [6.45, 7) is 2.45. The van der Waals surface area contributed by atoms with Crippen molar-refractivity contribution in [2.24, 2.45) is 0 Å². The van der Waals surface area contributed by atoms with Crippen LogP contribution in [-0.4, -0.2) is 19.1 Å². The van der Waals surface area contributed by atoms with Gasteiger partial charge in [-0.1, -0.05) is 42.3 Å². The SMILES string of the molecule is CCCOc1ccccc1NC(=O)COc1cc(Cl)cc(Cl)c1. The zero-order chi connectivity index (χ0) is 16.7. The fraction of sp³-hybridized carbons (Fsp3) is 0.235. The molecule has 0 saturated carbocycles. The summed E-state index contributed by atoms with van der Waals surface area (Å²) >= 11 is 11.8. The molecule has 0 aliphatic rings. The number of carbonyl (C=O) groups is 1. The number of para-hydroxylation sites is 2. The van der Waals surface area contributed by atoms with Crippen molar-refractivity contribution in [1.82, 2.24) is 0 Å². The van der Waals surface area contributed by atoms with Crippen molar-refractivity contribution in [1.29, 1.82) is 0 Å². The fourth-order valence-electron chi connectivity index (χ4n) is 1.85. The molecule has 1 N–H and O–H groups in total. The maximum atomic E-state index is 12.0. The van der Waals surface area contributed by atoms with Crippen LogP contribution >= 0.6 is 23.2 Å². The minimum atomic E-state index is -0.298. The highest BCUT2D eigenvalue weighted by Crippen LogP contribution is 2.25. The van der Waals surface area contributed by atoms with Gasteiger partial charge in [-0.05, 0) is 36.8 Å². The second kappa shape index (κ2) is 8.65. The summed E-state index contributed by atoms with van der Waals surface area (Å²) in [5.74, 6) is 0.773. The Morgan fingerprint density at radius 2 is 1.78 bits per heavy atom. The molecule has 2 rings (SSSR count). The summed E-state index contributed by atoms with van der Waals surface area (Å²) in [5.41, 5.74) is 0.610. The van der Waals surface area contributed by atoms with Gasteiger partial charge in [0.15, 0.2) is 6.61 Å². The highest BCUT2D eigenvalue weighted by atomic mass is 35.5. The molecule has 1 amide bonds. The molecule has 0 fully saturated rings. The number of anilines is 1. The van der Waals surface area contributed by atoms with E-state index in [4.69, 9.17) is 32.7 Å². The van der Waals surface area contributed by atoms with Gasteiger partial charge in [0.05, 0.1) is 12.3 Å². The van der Waals surface area contributed by atoms with E-state index in [-0.39, 0.29) is 12.5 Å². The monoisotopic (exact) mass is 353 g/mol. The van der Waals surface area contributed by atoms with E-state index in [2.05, 4.69) is 5.32 Å². The first-order valence-electron chi connectivity index (χ1n) is 7.19. The zero-order valence-corrected chi connectivity index (χ0v) is 14.2. The predicted molar refractivity (Wildman–Crippen MR) is 92.8 cm³/mol. The van der Waals surface area contributed by atoms with Crippen molar-refractivity contribution in [3.8, 4) is 11.5 Å². The van der Waals surface area contributed by atoms with Crippen molar-refractivity contribution < 1.29 is 14.3 Å². The quantitative estimate of drug-likeness (QED) is 0.777.